The Morgan fingerprint density at radius 2 is 1.67 bits per heavy atom. The number of alkyl halides is 3. The Morgan fingerprint density at radius 3 is 2.17 bits per heavy atom. The van der Waals surface area contributed by atoms with Crippen molar-refractivity contribution >= 4 is 0 Å². The third-order valence-corrected chi connectivity index (χ3v) is 2.28. The number of hydrogen-bond donors (Lipinski definition) is 1. The first-order valence-electron chi connectivity index (χ1n) is 5.86. The molecule has 0 atom stereocenters. The number of hydroxylamine groups is 1. The van der Waals surface area contributed by atoms with Crippen LogP contribution in [0.5, 0.6) is 0 Å². The van der Waals surface area contributed by atoms with Crippen LogP contribution >= 0.6 is 0 Å². The van der Waals surface area contributed by atoms with Gasteiger partial charge in [0.05, 0.1) is 0 Å². The lowest BCUT2D eigenvalue weighted by molar-refractivity contribution is -0.190. The zero-order valence-corrected chi connectivity index (χ0v) is 10.6. The Morgan fingerprint density at radius 1 is 1.11 bits per heavy atom. The SMILES string of the molecule is CC(C)Cc1ccc(CNOCC(F)(F)F)cc1. The second kappa shape index (κ2) is 6.75. The van der Waals surface area contributed by atoms with Crippen molar-refractivity contribution in [2.75, 3.05) is 6.61 Å². The van der Waals surface area contributed by atoms with Gasteiger partial charge >= 0.3 is 6.18 Å². The second-order valence-corrected chi connectivity index (χ2v) is 4.64. The highest BCUT2D eigenvalue weighted by atomic mass is 19.4. The first-order valence-corrected chi connectivity index (χ1v) is 5.86. The summed E-state index contributed by atoms with van der Waals surface area (Å²) in [5, 5.41) is 0. The molecule has 0 spiro atoms. The number of hydrogen-bond acceptors (Lipinski definition) is 2. The van der Waals surface area contributed by atoms with E-state index in [0.29, 0.717) is 5.92 Å². The molecule has 0 unspecified atom stereocenters. The first-order chi connectivity index (χ1) is 8.37. The molecule has 18 heavy (non-hydrogen) atoms. The lowest BCUT2D eigenvalue weighted by Crippen LogP contribution is -2.24. The lowest BCUT2D eigenvalue weighted by Gasteiger charge is -2.09. The molecular weight excluding hydrogens is 243 g/mol. The van der Waals surface area contributed by atoms with Gasteiger partial charge in [0, 0.05) is 6.54 Å². The molecule has 0 aromatic heterocycles. The highest BCUT2D eigenvalue weighted by Gasteiger charge is 2.27. The zero-order chi connectivity index (χ0) is 13.6. The third-order valence-electron chi connectivity index (χ3n) is 2.28. The van der Waals surface area contributed by atoms with E-state index in [2.05, 4.69) is 24.2 Å². The van der Waals surface area contributed by atoms with E-state index >= 15 is 0 Å². The van der Waals surface area contributed by atoms with E-state index in [4.69, 9.17) is 0 Å². The summed E-state index contributed by atoms with van der Waals surface area (Å²) in [6, 6.07) is 7.75. The van der Waals surface area contributed by atoms with E-state index in [1.54, 1.807) is 0 Å². The second-order valence-electron chi connectivity index (χ2n) is 4.64. The summed E-state index contributed by atoms with van der Waals surface area (Å²) in [6.07, 6.45) is -3.30. The average molecular weight is 261 g/mol. The van der Waals surface area contributed by atoms with Gasteiger partial charge in [0.1, 0.15) is 0 Å². The van der Waals surface area contributed by atoms with Gasteiger partial charge in [-0.1, -0.05) is 38.1 Å². The van der Waals surface area contributed by atoms with Crippen LogP contribution in [0.25, 0.3) is 0 Å². The van der Waals surface area contributed by atoms with E-state index in [-0.39, 0.29) is 6.54 Å². The minimum absolute atomic E-state index is 0.262. The molecule has 0 saturated carbocycles. The van der Waals surface area contributed by atoms with Crippen LogP contribution < -0.4 is 5.48 Å². The van der Waals surface area contributed by atoms with Crippen molar-refractivity contribution in [1.29, 1.82) is 0 Å². The van der Waals surface area contributed by atoms with Crippen molar-refractivity contribution in [3.05, 3.63) is 35.4 Å². The molecule has 1 aromatic rings. The first kappa shape index (κ1) is 15.0. The molecule has 0 saturated heterocycles. The largest absolute Gasteiger partial charge is 0.413 e. The zero-order valence-electron chi connectivity index (χ0n) is 10.6. The monoisotopic (exact) mass is 261 g/mol. The molecule has 2 nitrogen and oxygen atoms in total. The normalized spacial score (nSPS) is 12.1. The van der Waals surface area contributed by atoms with E-state index < -0.39 is 12.8 Å². The summed E-state index contributed by atoms with van der Waals surface area (Å²) in [5.74, 6) is 0.587. The van der Waals surface area contributed by atoms with Gasteiger partial charge in [0.25, 0.3) is 0 Å². The average Bonchev–Trinajstić information content (AvgIpc) is 2.24. The van der Waals surface area contributed by atoms with Crippen LogP contribution in [0.3, 0.4) is 0 Å². The fourth-order valence-corrected chi connectivity index (χ4v) is 1.53. The molecule has 1 N–H and O–H groups in total. The van der Waals surface area contributed by atoms with Crippen LogP contribution in [0.2, 0.25) is 0 Å². The van der Waals surface area contributed by atoms with Gasteiger partial charge in [-0.15, -0.1) is 0 Å². The highest BCUT2D eigenvalue weighted by molar-refractivity contribution is 5.22. The minimum Gasteiger partial charge on any atom is -0.292 e. The van der Waals surface area contributed by atoms with Gasteiger partial charge in [-0.05, 0) is 23.5 Å². The maximum absolute atomic E-state index is 11.8. The quantitative estimate of drug-likeness (QED) is 0.625. The summed E-state index contributed by atoms with van der Waals surface area (Å²) in [7, 11) is 0. The van der Waals surface area contributed by atoms with Crippen molar-refractivity contribution in [2.45, 2.75) is 33.0 Å². The van der Waals surface area contributed by atoms with Gasteiger partial charge in [0.2, 0.25) is 0 Å². The predicted molar refractivity (Wildman–Crippen MR) is 63.8 cm³/mol. The molecule has 0 bridgehead atoms. The molecule has 0 radical (unpaired) electrons. The van der Waals surface area contributed by atoms with Crippen LogP contribution in [-0.4, -0.2) is 12.8 Å². The molecule has 0 aliphatic heterocycles. The van der Waals surface area contributed by atoms with E-state index in [1.807, 2.05) is 24.3 Å². The lowest BCUT2D eigenvalue weighted by atomic mass is 10.0. The van der Waals surface area contributed by atoms with Crippen molar-refractivity contribution < 1.29 is 18.0 Å². The van der Waals surface area contributed by atoms with Gasteiger partial charge < -0.3 is 0 Å². The maximum atomic E-state index is 11.8. The minimum atomic E-state index is -4.30. The predicted octanol–water partition coefficient (Wildman–Crippen LogP) is 3.47. The highest BCUT2D eigenvalue weighted by Crippen LogP contribution is 2.14. The molecule has 0 amide bonds. The summed E-state index contributed by atoms with van der Waals surface area (Å²) in [4.78, 5) is 4.32. The molecule has 0 aliphatic carbocycles. The molecule has 1 aromatic carbocycles. The van der Waals surface area contributed by atoms with Crippen LogP contribution in [0.4, 0.5) is 13.2 Å². The summed E-state index contributed by atoms with van der Waals surface area (Å²) in [6.45, 7) is 3.26. The van der Waals surface area contributed by atoms with Gasteiger partial charge in [0.15, 0.2) is 6.61 Å². The topological polar surface area (TPSA) is 21.3 Å². The van der Waals surface area contributed by atoms with Crippen molar-refractivity contribution in [3.63, 3.8) is 0 Å². The number of halogens is 3. The summed E-state index contributed by atoms with van der Waals surface area (Å²) < 4.78 is 35.4. The number of rotatable bonds is 6. The summed E-state index contributed by atoms with van der Waals surface area (Å²) in [5.41, 5.74) is 4.42. The molecule has 5 heteroatoms. The van der Waals surface area contributed by atoms with E-state index in [0.717, 1.165) is 12.0 Å². The molecule has 0 heterocycles. The smallest absolute Gasteiger partial charge is 0.292 e. The Labute approximate surface area is 105 Å². The maximum Gasteiger partial charge on any atom is 0.413 e. The van der Waals surface area contributed by atoms with Gasteiger partial charge in [-0.3, -0.25) is 4.84 Å². The van der Waals surface area contributed by atoms with Crippen molar-refractivity contribution in [2.24, 2.45) is 5.92 Å². The van der Waals surface area contributed by atoms with Crippen molar-refractivity contribution in [3.8, 4) is 0 Å². The number of benzene rings is 1. The fraction of sp³-hybridized carbons (Fsp3) is 0.538. The van der Waals surface area contributed by atoms with Crippen LogP contribution in [0.15, 0.2) is 24.3 Å². The van der Waals surface area contributed by atoms with Crippen LogP contribution in [-0.2, 0) is 17.8 Å². The van der Waals surface area contributed by atoms with E-state index in [9.17, 15) is 13.2 Å². The van der Waals surface area contributed by atoms with Gasteiger partial charge in [-0.2, -0.15) is 18.7 Å². The molecular formula is C13H18F3NO. The Balaban J connectivity index is 2.31. The fourth-order valence-electron chi connectivity index (χ4n) is 1.53. The van der Waals surface area contributed by atoms with Gasteiger partial charge in [-0.25, -0.2) is 0 Å². The Bertz CT molecular complexity index is 346. The van der Waals surface area contributed by atoms with E-state index in [1.165, 1.54) is 5.56 Å². The van der Waals surface area contributed by atoms with Crippen molar-refractivity contribution in [1.82, 2.24) is 5.48 Å². The van der Waals surface area contributed by atoms with Crippen LogP contribution in [0.1, 0.15) is 25.0 Å². The Kier molecular flexibility index (Phi) is 5.62. The third kappa shape index (κ3) is 6.61. The summed E-state index contributed by atoms with van der Waals surface area (Å²) >= 11 is 0. The molecule has 0 aliphatic rings. The Hall–Kier alpha value is -1.07. The molecule has 0 fully saturated rings. The molecule has 1 rings (SSSR count). The van der Waals surface area contributed by atoms with Crippen LogP contribution in [0, 0.1) is 5.92 Å². The number of nitrogens with one attached hydrogen (secondary N) is 1. The molecule has 102 valence electrons. The standard InChI is InChI=1S/C13H18F3NO/c1-10(2)7-11-3-5-12(6-4-11)8-17-18-9-13(14,15)16/h3-6,10,17H,7-9H2,1-2H3.